The van der Waals surface area contributed by atoms with Gasteiger partial charge in [0.2, 0.25) is 5.43 Å². The average molecular weight is 396 g/mol. The summed E-state index contributed by atoms with van der Waals surface area (Å²) in [6, 6.07) is 11.3. The number of hydrogen-bond donors (Lipinski definition) is 1. The molecule has 0 radical (unpaired) electrons. The average Bonchev–Trinajstić information content (AvgIpc) is 2.71. The number of hydrogen-bond acceptors (Lipinski definition) is 5. The third-order valence-corrected chi connectivity index (χ3v) is 4.93. The SMILES string of the molecule is Cn1nc(C(=O)Nc2cccc(CN3CCOCC3)c2)c(=O)c2cc(F)ccc21. The number of nitrogens with one attached hydrogen (secondary N) is 1. The summed E-state index contributed by atoms with van der Waals surface area (Å²) in [4.78, 5) is 27.7. The lowest BCUT2D eigenvalue weighted by molar-refractivity contribution is 0.0342. The van der Waals surface area contributed by atoms with Crippen molar-refractivity contribution in [3.8, 4) is 0 Å². The molecule has 4 rings (SSSR count). The molecule has 0 aliphatic carbocycles. The Bertz CT molecular complexity index is 1120. The highest BCUT2D eigenvalue weighted by Gasteiger charge is 2.18. The highest BCUT2D eigenvalue weighted by atomic mass is 19.1. The van der Waals surface area contributed by atoms with Crippen LogP contribution in [0.15, 0.2) is 47.3 Å². The zero-order valence-corrected chi connectivity index (χ0v) is 16.0. The van der Waals surface area contributed by atoms with Gasteiger partial charge in [0.25, 0.3) is 5.91 Å². The van der Waals surface area contributed by atoms with Crippen LogP contribution >= 0.6 is 0 Å². The van der Waals surface area contributed by atoms with E-state index in [4.69, 9.17) is 4.74 Å². The number of nitrogens with zero attached hydrogens (tertiary/aromatic N) is 3. The van der Waals surface area contributed by atoms with Crippen molar-refractivity contribution in [1.82, 2.24) is 14.7 Å². The molecule has 0 unspecified atom stereocenters. The second-order valence-electron chi connectivity index (χ2n) is 7.01. The molecule has 1 saturated heterocycles. The number of carbonyl (C=O) groups is 1. The van der Waals surface area contributed by atoms with Crippen molar-refractivity contribution in [2.45, 2.75) is 6.54 Å². The van der Waals surface area contributed by atoms with Crippen LogP contribution in [0.4, 0.5) is 10.1 Å². The molecule has 150 valence electrons. The van der Waals surface area contributed by atoms with E-state index in [0.29, 0.717) is 24.4 Å². The predicted molar refractivity (Wildman–Crippen MR) is 107 cm³/mol. The van der Waals surface area contributed by atoms with E-state index in [9.17, 15) is 14.0 Å². The molecule has 1 fully saturated rings. The summed E-state index contributed by atoms with van der Waals surface area (Å²) < 4.78 is 20.3. The first-order valence-corrected chi connectivity index (χ1v) is 9.38. The number of aromatic nitrogens is 2. The Morgan fingerprint density at radius 1 is 1.21 bits per heavy atom. The number of halogens is 1. The van der Waals surface area contributed by atoms with Crippen LogP contribution in [0.5, 0.6) is 0 Å². The van der Waals surface area contributed by atoms with Gasteiger partial charge in [-0.2, -0.15) is 5.10 Å². The van der Waals surface area contributed by atoms with Crippen molar-refractivity contribution >= 4 is 22.5 Å². The van der Waals surface area contributed by atoms with E-state index >= 15 is 0 Å². The molecule has 1 aliphatic rings. The lowest BCUT2D eigenvalue weighted by Crippen LogP contribution is -2.35. The molecular weight excluding hydrogens is 375 g/mol. The number of ether oxygens (including phenoxy) is 1. The molecule has 0 spiro atoms. The zero-order valence-electron chi connectivity index (χ0n) is 16.0. The lowest BCUT2D eigenvalue weighted by atomic mass is 10.1. The summed E-state index contributed by atoms with van der Waals surface area (Å²) in [6.07, 6.45) is 0. The fraction of sp³-hybridized carbons (Fsp3) is 0.286. The van der Waals surface area contributed by atoms with Gasteiger partial charge in [-0.05, 0) is 35.9 Å². The Balaban J connectivity index is 1.57. The first kappa shape index (κ1) is 19.2. The summed E-state index contributed by atoms with van der Waals surface area (Å²) in [6.45, 7) is 3.92. The Morgan fingerprint density at radius 3 is 2.79 bits per heavy atom. The highest BCUT2D eigenvalue weighted by molar-refractivity contribution is 6.04. The third kappa shape index (κ3) is 4.18. The topological polar surface area (TPSA) is 76.5 Å². The van der Waals surface area contributed by atoms with E-state index in [1.165, 1.54) is 16.8 Å². The van der Waals surface area contributed by atoms with Crippen LogP contribution in [0, 0.1) is 5.82 Å². The summed E-state index contributed by atoms with van der Waals surface area (Å²) in [5.74, 6) is -1.16. The van der Waals surface area contributed by atoms with E-state index < -0.39 is 17.2 Å². The predicted octanol–water partition coefficient (Wildman–Crippen LogP) is 2.16. The first-order chi connectivity index (χ1) is 14.0. The maximum atomic E-state index is 13.6. The number of carbonyl (C=O) groups excluding carboxylic acids is 1. The van der Waals surface area contributed by atoms with Gasteiger partial charge in [0, 0.05) is 32.4 Å². The van der Waals surface area contributed by atoms with Crippen molar-refractivity contribution in [1.29, 1.82) is 0 Å². The maximum Gasteiger partial charge on any atom is 0.280 e. The monoisotopic (exact) mass is 396 g/mol. The molecular formula is C21H21FN4O3. The van der Waals surface area contributed by atoms with Crippen molar-refractivity contribution in [2.24, 2.45) is 7.05 Å². The smallest absolute Gasteiger partial charge is 0.280 e. The normalized spacial score (nSPS) is 14.8. The Labute approximate surface area is 166 Å². The van der Waals surface area contributed by atoms with Gasteiger partial charge in [-0.15, -0.1) is 0 Å². The summed E-state index contributed by atoms with van der Waals surface area (Å²) in [5.41, 5.74) is 1.21. The number of rotatable bonds is 4. The van der Waals surface area contributed by atoms with Crippen LogP contribution in [-0.2, 0) is 18.3 Å². The zero-order chi connectivity index (χ0) is 20.4. The van der Waals surface area contributed by atoms with Crippen LogP contribution in [0.1, 0.15) is 16.1 Å². The first-order valence-electron chi connectivity index (χ1n) is 9.38. The van der Waals surface area contributed by atoms with Crippen LogP contribution in [-0.4, -0.2) is 46.9 Å². The number of benzene rings is 2. The van der Waals surface area contributed by atoms with E-state index in [0.717, 1.165) is 31.3 Å². The molecule has 0 bridgehead atoms. The van der Waals surface area contributed by atoms with Gasteiger partial charge in [-0.3, -0.25) is 19.2 Å². The van der Waals surface area contributed by atoms with Crippen LogP contribution in [0.2, 0.25) is 0 Å². The number of amides is 1. The summed E-state index contributed by atoms with van der Waals surface area (Å²) in [7, 11) is 1.61. The van der Waals surface area contributed by atoms with Gasteiger partial charge in [0.1, 0.15) is 5.82 Å². The molecule has 29 heavy (non-hydrogen) atoms. The van der Waals surface area contributed by atoms with Gasteiger partial charge in [0.05, 0.1) is 24.1 Å². The van der Waals surface area contributed by atoms with Gasteiger partial charge in [-0.1, -0.05) is 12.1 Å². The molecule has 3 aromatic rings. The maximum absolute atomic E-state index is 13.6. The van der Waals surface area contributed by atoms with Crippen LogP contribution < -0.4 is 10.7 Å². The third-order valence-electron chi connectivity index (χ3n) is 4.93. The van der Waals surface area contributed by atoms with E-state index in [-0.39, 0.29) is 11.1 Å². The van der Waals surface area contributed by atoms with E-state index in [2.05, 4.69) is 15.3 Å². The highest BCUT2D eigenvalue weighted by Crippen LogP contribution is 2.15. The molecule has 1 aromatic heterocycles. The molecule has 1 amide bonds. The number of morpholine rings is 1. The Morgan fingerprint density at radius 2 is 2.00 bits per heavy atom. The summed E-state index contributed by atoms with van der Waals surface area (Å²) >= 11 is 0. The van der Waals surface area contributed by atoms with Crippen LogP contribution in [0.3, 0.4) is 0 Å². The molecule has 0 atom stereocenters. The van der Waals surface area contributed by atoms with Crippen molar-refractivity contribution < 1.29 is 13.9 Å². The van der Waals surface area contributed by atoms with Crippen molar-refractivity contribution in [3.63, 3.8) is 0 Å². The van der Waals surface area contributed by atoms with E-state index in [1.807, 2.05) is 18.2 Å². The van der Waals surface area contributed by atoms with Gasteiger partial charge >= 0.3 is 0 Å². The number of aryl methyl sites for hydroxylation is 1. The van der Waals surface area contributed by atoms with Gasteiger partial charge in [-0.25, -0.2) is 4.39 Å². The molecule has 0 saturated carbocycles. The van der Waals surface area contributed by atoms with Crippen molar-refractivity contribution in [2.75, 3.05) is 31.6 Å². The molecule has 7 nitrogen and oxygen atoms in total. The fourth-order valence-corrected chi connectivity index (χ4v) is 3.45. The molecule has 2 aromatic carbocycles. The minimum Gasteiger partial charge on any atom is -0.379 e. The minimum atomic E-state index is -0.625. The minimum absolute atomic E-state index is 0.119. The quantitative estimate of drug-likeness (QED) is 0.731. The number of anilines is 1. The van der Waals surface area contributed by atoms with Gasteiger partial charge in [0.15, 0.2) is 5.69 Å². The van der Waals surface area contributed by atoms with E-state index in [1.54, 1.807) is 13.1 Å². The molecule has 8 heteroatoms. The molecule has 1 aliphatic heterocycles. The summed E-state index contributed by atoms with van der Waals surface area (Å²) in [5, 5.41) is 6.94. The van der Waals surface area contributed by atoms with Gasteiger partial charge < -0.3 is 10.1 Å². The fourth-order valence-electron chi connectivity index (χ4n) is 3.45. The Kier molecular flexibility index (Phi) is 5.37. The standard InChI is InChI=1S/C21H21FN4O3/c1-25-18-6-5-15(22)12-17(18)20(27)19(24-25)21(28)23-16-4-2-3-14(11-16)13-26-7-9-29-10-8-26/h2-6,11-12H,7-10,13H2,1H3,(H,23,28). The number of fused-ring (bicyclic) bond motifs is 1. The Hall–Kier alpha value is -3.10. The van der Waals surface area contributed by atoms with Crippen LogP contribution in [0.25, 0.3) is 10.9 Å². The lowest BCUT2D eigenvalue weighted by Gasteiger charge is -2.26. The molecule has 2 heterocycles. The molecule has 1 N–H and O–H groups in total. The second-order valence-corrected chi connectivity index (χ2v) is 7.01. The largest absolute Gasteiger partial charge is 0.379 e. The van der Waals surface area contributed by atoms with Crippen molar-refractivity contribution in [3.05, 3.63) is 69.8 Å². The second kappa shape index (κ2) is 8.10.